The minimum Gasteiger partial charge on any atom is -0.455 e. The van der Waals surface area contributed by atoms with Gasteiger partial charge in [-0.2, -0.15) is 0 Å². The lowest BCUT2D eigenvalue weighted by Crippen LogP contribution is -2.49. The summed E-state index contributed by atoms with van der Waals surface area (Å²) >= 11 is 0. The molecule has 1 heterocycles. The van der Waals surface area contributed by atoms with Gasteiger partial charge in [0, 0.05) is 16.2 Å². The summed E-state index contributed by atoms with van der Waals surface area (Å²) in [6.45, 7) is 7.36. The van der Waals surface area contributed by atoms with E-state index in [1.54, 1.807) is 13.8 Å². The van der Waals surface area contributed by atoms with E-state index in [0.717, 1.165) is 38.2 Å². The van der Waals surface area contributed by atoms with E-state index in [0.29, 0.717) is 7.48 Å². The van der Waals surface area contributed by atoms with Crippen molar-refractivity contribution in [2.45, 2.75) is 38.9 Å². The van der Waals surface area contributed by atoms with E-state index in [-0.39, 0.29) is 0 Å². The van der Waals surface area contributed by atoms with Crippen molar-refractivity contribution in [3.8, 4) is 0 Å². The number of hydrogen-bond acceptors (Lipinski definition) is 3. The van der Waals surface area contributed by atoms with Crippen LogP contribution in [-0.2, 0) is 4.65 Å². The molecule has 0 amide bonds. The molecule has 132 valence electrons. The second kappa shape index (κ2) is 5.87. The van der Waals surface area contributed by atoms with Gasteiger partial charge < -0.3 is 14.2 Å². The molecule has 0 aliphatic carbocycles. The van der Waals surface area contributed by atoms with E-state index in [9.17, 15) is 5.11 Å². The van der Waals surface area contributed by atoms with Gasteiger partial charge in [0.05, 0.1) is 11.2 Å². The molecule has 0 bridgehead atoms. The van der Waals surface area contributed by atoms with Crippen LogP contribution in [0.3, 0.4) is 0 Å². The molecular weight excluding hydrogens is 323 g/mol. The number of hydrogen-bond donors (Lipinski definition) is 1. The summed E-state index contributed by atoms with van der Waals surface area (Å²) < 4.78 is 12.1. The zero-order chi connectivity index (χ0) is 18.5. The predicted octanol–water partition coefficient (Wildman–Crippen LogP) is 4.28. The first-order chi connectivity index (χ1) is 12.3. The fourth-order valence-electron chi connectivity index (χ4n) is 3.09. The Morgan fingerprint density at radius 3 is 2.38 bits per heavy atom. The van der Waals surface area contributed by atoms with Gasteiger partial charge in [-0.3, -0.25) is 0 Å². The molecule has 4 heteroatoms. The minimum atomic E-state index is -0.912. The van der Waals surface area contributed by atoms with Crippen LogP contribution >= 0.6 is 0 Å². The molecule has 0 radical (unpaired) electrons. The quantitative estimate of drug-likeness (QED) is 0.561. The molecule has 0 saturated heterocycles. The Kier molecular flexibility index (Phi) is 3.87. The van der Waals surface area contributed by atoms with Gasteiger partial charge in [-0.1, -0.05) is 47.9 Å². The molecule has 4 rings (SSSR count). The second-order valence-electron chi connectivity index (χ2n) is 7.95. The largest absolute Gasteiger partial charge is 0.455 e. The van der Waals surface area contributed by atoms with Crippen molar-refractivity contribution in [3.05, 3.63) is 54.6 Å². The summed E-state index contributed by atoms with van der Waals surface area (Å²) in [5.41, 5.74) is 1.36. The van der Waals surface area contributed by atoms with Crippen LogP contribution in [0, 0.1) is 0 Å². The van der Waals surface area contributed by atoms with Gasteiger partial charge in [-0.25, -0.2) is 0 Å². The van der Waals surface area contributed by atoms with E-state index >= 15 is 0 Å². The molecule has 1 aromatic heterocycles. The maximum atomic E-state index is 10.2. The average molecular weight is 346 g/mol. The number of aliphatic hydroxyl groups is 1. The summed E-state index contributed by atoms with van der Waals surface area (Å²) in [6, 6.07) is 18.7. The number of rotatable bonds is 4. The number of benzene rings is 3. The summed E-state index contributed by atoms with van der Waals surface area (Å²) in [5.74, 6) is 0. The SMILES string of the molecule is CC(C)(O)C(C)(C)OBc1ccc2c(ccc3c4ccccc4oc23)c1. The Morgan fingerprint density at radius 1 is 0.885 bits per heavy atom. The Bertz CT molecular complexity index is 1100. The van der Waals surface area contributed by atoms with Crippen molar-refractivity contribution in [2.75, 3.05) is 0 Å². The third-order valence-electron chi connectivity index (χ3n) is 5.50. The van der Waals surface area contributed by atoms with Crippen LogP contribution in [0.5, 0.6) is 0 Å². The first-order valence-electron chi connectivity index (χ1n) is 8.95. The Morgan fingerprint density at radius 2 is 1.62 bits per heavy atom. The highest BCUT2D eigenvalue weighted by atomic mass is 16.5. The van der Waals surface area contributed by atoms with Crippen LogP contribution in [0.2, 0.25) is 0 Å². The molecule has 0 atom stereocenters. The fraction of sp³-hybridized carbons (Fsp3) is 0.273. The summed E-state index contributed by atoms with van der Waals surface area (Å²) in [6.07, 6.45) is 0. The van der Waals surface area contributed by atoms with Gasteiger partial charge in [0.15, 0.2) is 0 Å². The standard InChI is InChI=1S/C22H23BO3/c1-21(2,24)22(3,4)26-23-15-10-12-16-14(13-15)9-11-18-17-7-5-6-8-19(17)25-20(16)18/h5-13,23-24H,1-4H3. The van der Waals surface area contributed by atoms with Crippen LogP contribution in [0.25, 0.3) is 32.7 Å². The van der Waals surface area contributed by atoms with Gasteiger partial charge in [-0.15, -0.1) is 0 Å². The van der Waals surface area contributed by atoms with Crippen molar-refractivity contribution in [3.63, 3.8) is 0 Å². The van der Waals surface area contributed by atoms with E-state index in [4.69, 9.17) is 9.07 Å². The topological polar surface area (TPSA) is 42.6 Å². The van der Waals surface area contributed by atoms with Crippen molar-refractivity contribution < 1.29 is 14.2 Å². The van der Waals surface area contributed by atoms with Gasteiger partial charge in [0.2, 0.25) is 0 Å². The molecule has 0 aliphatic heterocycles. The molecule has 26 heavy (non-hydrogen) atoms. The van der Waals surface area contributed by atoms with Crippen molar-refractivity contribution in [1.29, 1.82) is 0 Å². The van der Waals surface area contributed by atoms with Crippen LogP contribution in [0.4, 0.5) is 0 Å². The number of para-hydroxylation sites is 1. The average Bonchev–Trinajstić information content (AvgIpc) is 2.98. The Hall–Kier alpha value is -2.30. The first kappa shape index (κ1) is 17.1. The summed E-state index contributed by atoms with van der Waals surface area (Å²) in [5, 5.41) is 14.8. The zero-order valence-electron chi connectivity index (χ0n) is 15.7. The normalized spacial score (nSPS) is 13.0. The van der Waals surface area contributed by atoms with Gasteiger partial charge in [0.25, 0.3) is 0 Å². The lowest BCUT2D eigenvalue weighted by atomic mass is 9.82. The maximum absolute atomic E-state index is 10.2. The van der Waals surface area contributed by atoms with E-state index in [2.05, 4.69) is 36.4 Å². The third kappa shape index (κ3) is 2.79. The van der Waals surface area contributed by atoms with E-state index < -0.39 is 11.2 Å². The highest BCUT2D eigenvalue weighted by molar-refractivity contribution is 6.47. The summed E-state index contributed by atoms with van der Waals surface area (Å²) in [4.78, 5) is 0. The van der Waals surface area contributed by atoms with Gasteiger partial charge in [0.1, 0.15) is 11.2 Å². The van der Waals surface area contributed by atoms with Crippen LogP contribution in [0.15, 0.2) is 59.0 Å². The minimum absolute atomic E-state index is 0.450. The molecular formula is C22H23BO3. The zero-order valence-corrected chi connectivity index (χ0v) is 15.7. The molecule has 3 aromatic carbocycles. The first-order valence-corrected chi connectivity index (χ1v) is 8.95. The van der Waals surface area contributed by atoms with Crippen LogP contribution in [-0.4, -0.2) is 23.8 Å². The summed E-state index contributed by atoms with van der Waals surface area (Å²) in [7, 11) is 0.450. The monoisotopic (exact) mass is 346 g/mol. The van der Waals surface area contributed by atoms with Crippen molar-refractivity contribution in [1.82, 2.24) is 0 Å². The second-order valence-corrected chi connectivity index (χ2v) is 7.95. The highest BCUT2D eigenvalue weighted by Gasteiger charge is 2.35. The lowest BCUT2D eigenvalue weighted by Gasteiger charge is -2.37. The third-order valence-corrected chi connectivity index (χ3v) is 5.50. The molecule has 0 unspecified atom stereocenters. The van der Waals surface area contributed by atoms with Gasteiger partial charge >= 0.3 is 7.48 Å². The molecule has 0 spiro atoms. The molecule has 4 aromatic rings. The van der Waals surface area contributed by atoms with E-state index in [1.165, 1.54) is 0 Å². The van der Waals surface area contributed by atoms with Crippen LogP contribution in [0.1, 0.15) is 27.7 Å². The number of fused-ring (bicyclic) bond motifs is 5. The highest BCUT2D eigenvalue weighted by Crippen LogP contribution is 2.33. The fourth-order valence-corrected chi connectivity index (χ4v) is 3.09. The molecule has 1 N–H and O–H groups in total. The van der Waals surface area contributed by atoms with Crippen LogP contribution < -0.4 is 5.46 Å². The lowest BCUT2D eigenvalue weighted by molar-refractivity contribution is -0.0893. The van der Waals surface area contributed by atoms with E-state index in [1.807, 2.05) is 32.0 Å². The Labute approximate surface area is 153 Å². The molecule has 0 aliphatic rings. The molecule has 0 fully saturated rings. The molecule has 0 saturated carbocycles. The maximum Gasteiger partial charge on any atom is 0.309 e. The number of furan rings is 1. The van der Waals surface area contributed by atoms with Gasteiger partial charge in [-0.05, 0) is 45.2 Å². The Balaban J connectivity index is 1.72. The predicted molar refractivity (Wildman–Crippen MR) is 109 cm³/mol. The molecule has 3 nitrogen and oxygen atoms in total. The van der Waals surface area contributed by atoms with Crippen molar-refractivity contribution >= 4 is 45.7 Å². The smallest absolute Gasteiger partial charge is 0.309 e. The van der Waals surface area contributed by atoms with Crippen molar-refractivity contribution in [2.24, 2.45) is 0 Å².